The highest BCUT2D eigenvalue weighted by Gasteiger charge is 2.21. The molecule has 1 heterocycles. The maximum absolute atomic E-state index is 4.30. The van der Waals surface area contributed by atoms with E-state index in [-0.39, 0.29) is 24.0 Å². The average molecular weight is 457 g/mol. The largest absolute Gasteiger partial charge is 0.356 e. The smallest absolute Gasteiger partial charge is 0.191 e. The van der Waals surface area contributed by atoms with E-state index in [1.54, 1.807) is 0 Å². The fraction of sp³-hybridized carbons (Fsp3) is 0.632. The van der Waals surface area contributed by atoms with Crippen LogP contribution in [-0.4, -0.2) is 68.6 Å². The summed E-state index contributed by atoms with van der Waals surface area (Å²) >= 11 is 0. The number of hydrogen-bond donors (Lipinski definition) is 2. The van der Waals surface area contributed by atoms with Crippen LogP contribution in [0, 0.1) is 5.92 Å². The van der Waals surface area contributed by atoms with Gasteiger partial charge in [-0.3, -0.25) is 14.8 Å². The van der Waals surface area contributed by atoms with Crippen LogP contribution in [0.1, 0.15) is 18.4 Å². The Kier molecular flexibility index (Phi) is 8.98. The third-order valence-corrected chi connectivity index (χ3v) is 4.91. The molecule has 1 aromatic carbocycles. The Hall–Kier alpha value is -0.860. The number of nitrogens with zero attached hydrogens (tertiary/aromatic N) is 3. The summed E-state index contributed by atoms with van der Waals surface area (Å²) in [6, 6.07) is 10.8. The standard InChI is InChI=1S/C19H31N5.HI/c1-20-19(22-15-17-7-8-17)21-9-10-23-11-13-24(14-12-23)16-18-5-3-2-4-6-18;/h2-6,17H,7-16H2,1H3,(H2,20,21,22);1H. The predicted octanol–water partition coefficient (Wildman–Crippen LogP) is 2.00. The zero-order valence-corrected chi connectivity index (χ0v) is 17.6. The predicted molar refractivity (Wildman–Crippen MR) is 116 cm³/mol. The SMILES string of the molecule is CN=C(NCCN1CCN(Cc2ccccc2)CC1)NCC1CC1.I. The van der Waals surface area contributed by atoms with E-state index in [4.69, 9.17) is 0 Å². The highest BCUT2D eigenvalue weighted by atomic mass is 127. The summed E-state index contributed by atoms with van der Waals surface area (Å²) in [5.41, 5.74) is 1.41. The van der Waals surface area contributed by atoms with Crippen molar-refractivity contribution < 1.29 is 0 Å². The van der Waals surface area contributed by atoms with Crippen molar-refractivity contribution in [3.05, 3.63) is 35.9 Å². The summed E-state index contributed by atoms with van der Waals surface area (Å²) in [7, 11) is 1.85. The lowest BCUT2D eigenvalue weighted by Gasteiger charge is -2.34. The summed E-state index contributed by atoms with van der Waals surface area (Å²) < 4.78 is 0. The van der Waals surface area contributed by atoms with E-state index in [0.29, 0.717) is 0 Å². The molecule has 6 heteroatoms. The van der Waals surface area contributed by atoms with E-state index in [1.165, 1.54) is 18.4 Å². The van der Waals surface area contributed by atoms with Gasteiger partial charge in [-0.2, -0.15) is 0 Å². The minimum absolute atomic E-state index is 0. The van der Waals surface area contributed by atoms with E-state index in [1.807, 2.05) is 7.05 Å². The molecule has 1 aliphatic carbocycles. The van der Waals surface area contributed by atoms with Gasteiger partial charge in [0, 0.05) is 59.4 Å². The van der Waals surface area contributed by atoms with Gasteiger partial charge < -0.3 is 10.6 Å². The lowest BCUT2D eigenvalue weighted by molar-refractivity contribution is 0.129. The van der Waals surface area contributed by atoms with Crippen LogP contribution in [0.3, 0.4) is 0 Å². The van der Waals surface area contributed by atoms with Crippen LogP contribution in [-0.2, 0) is 6.54 Å². The third-order valence-electron chi connectivity index (χ3n) is 4.91. The minimum Gasteiger partial charge on any atom is -0.356 e. The molecule has 0 unspecified atom stereocenters. The van der Waals surface area contributed by atoms with Gasteiger partial charge in [-0.1, -0.05) is 30.3 Å². The molecule has 1 aliphatic heterocycles. The van der Waals surface area contributed by atoms with E-state index in [0.717, 1.165) is 64.2 Å². The second-order valence-electron chi connectivity index (χ2n) is 6.93. The molecule has 0 spiro atoms. The van der Waals surface area contributed by atoms with Gasteiger partial charge >= 0.3 is 0 Å². The highest BCUT2D eigenvalue weighted by molar-refractivity contribution is 14.0. The Morgan fingerprint density at radius 1 is 1.04 bits per heavy atom. The van der Waals surface area contributed by atoms with Crippen molar-refractivity contribution in [3.8, 4) is 0 Å². The Morgan fingerprint density at radius 3 is 2.36 bits per heavy atom. The fourth-order valence-electron chi connectivity index (χ4n) is 3.13. The number of hydrogen-bond acceptors (Lipinski definition) is 3. The first-order valence-electron chi connectivity index (χ1n) is 9.26. The summed E-state index contributed by atoms with van der Waals surface area (Å²) in [6.07, 6.45) is 2.74. The van der Waals surface area contributed by atoms with Gasteiger partial charge in [0.15, 0.2) is 5.96 Å². The molecule has 2 aliphatic rings. The zero-order chi connectivity index (χ0) is 16.6. The molecule has 0 radical (unpaired) electrons. The van der Waals surface area contributed by atoms with Gasteiger partial charge in [0.25, 0.3) is 0 Å². The van der Waals surface area contributed by atoms with Crippen molar-refractivity contribution in [1.82, 2.24) is 20.4 Å². The maximum Gasteiger partial charge on any atom is 0.191 e. The molecule has 0 atom stereocenters. The minimum atomic E-state index is 0. The highest BCUT2D eigenvalue weighted by Crippen LogP contribution is 2.27. The molecule has 25 heavy (non-hydrogen) atoms. The van der Waals surface area contributed by atoms with E-state index in [2.05, 4.69) is 55.8 Å². The molecule has 5 nitrogen and oxygen atoms in total. The lowest BCUT2D eigenvalue weighted by Crippen LogP contribution is -2.49. The molecule has 0 amide bonds. The maximum atomic E-state index is 4.30. The third kappa shape index (κ3) is 7.50. The summed E-state index contributed by atoms with van der Waals surface area (Å²) in [5.74, 6) is 1.82. The van der Waals surface area contributed by atoms with Crippen molar-refractivity contribution in [3.63, 3.8) is 0 Å². The Balaban J connectivity index is 0.00000225. The Labute approximate surface area is 169 Å². The molecule has 140 valence electrons. The first kappa shape index (κ1) is 20.5. The number of benzene rings is 1. The van der Waals surface area contributed by atoms with Gasteiger partial charge in [0.2, 0.25) is 0 Å². The zero-order valence-electron chi connectivity index (χ0n) is 15.3. The van der Waals surface area contributed by atoms with Gasteiger partial charge in [0.1, 0.15) is 0 Å². The molecular weight excluding hydrogens is 425 g/mol. The number of aliphatic imine (C=N–C) groups is 1. The molecule has 2 N–H and O–H groups in total. The molecule has 0 aromatic heterocycles. The Morgan fingerprint density at radius 2 is 1.72 bits per heavy atom. The molecule has 1 saturated carbocycles. The molecule has 1 aromatic rings. The Bertz CT molecular complexity index is 510. The second kappa shape index (κ2) is 11.0. The van der Waals surface area contributed by atoms with Crippen LogP contribution in [0.5, 0.6) is 0 Å². The lowest BCUT2D eigenvalue weighted by atomic mass is 10.2. The van der Waals surface area contributed by atoms with Crippen LogP contribution in [0.25, 0.3) is 0 Å². The van der Waals surface area contributed by atoms with Crippen molar-refractivity contribution >= 4 is 29.9 Å². The van der Waals surface area contributed by atoms with Gasteiger partial charge in [0.05, 0.1) is 0 Å². The van der Waals surface area contributed by atoms with Crippen molar-refractivity contribution in [2.45, 2.75) is 19.4 Å². The van der Waals surface area contributed by atoms with E-state index < -0.39 is 0 Å². The van der Waals surface area contributed by atoms with E-state index >= 15 is 0 Å². The fourth-order valence-corrected chi connectivity index (χ4v) is 3.13. The molecule has 0 bridgehead atoms. The summed E-state index contributed by atoms with van der Waals surface area (Å²) in [6.45, 7) is 8.81. The number of guanidine groups is 1. The van der Waals surface area contributed by atoms with E-state index in [9.17, 15) is 0 Å². The molecule has 1 saturated heterocycles. The first-order valence-corrected chi connectivity index (χ1v) is 9.26. The molecule has 2 fully saturated rings. The average Bonchev–Trinajstić information content (AvgIpc) is 3.45. The van der Waals surface area contributed by atoms with Crippen LogP contribution in [0.2, 0.25) is 0 Å². The topological polar surface area (TPSA) is 42.9 Å². The van der Waals surface area contributed by atoms with Gasteiger partial charge in [-0.05, 0) is 24.3 Å². The van der Waals surface area contributed by atoms with Crippen LogP contribution in [0.15, 0.2) is 35.3 Å². The van der Waals surface area contributed by atoms with Crippen molar-refractivity contribution in [1.29, 1.82) is 0 Å². The summed E-state index contributed by atoms with van der Waals surface area (Å²) in [4.78, 5) is 9.39. The number of nitrogens with one attached hydrogen (secondary N) is 2. The number of rotatable bonds is 7. The van der Waals surface area contributed by atoms with Crippen molar-refractivity contribution in [2.75, 3.05) is 52.9 Å². The normalized spacial score (nSPS) is 19.3. The quantitative estimate of drug-likeness (QED) is 0.374. The van der Waals surface area contributed by atoms with Gasteiger partial charge in [-0.25, -0.2) is 0 Å². The van der Waals surface area contributed by atoms with Gasteiger partial charge in [-0.15, -0.1) is 24.0 Å². The molecule has 3 rings (SSSR count). The molecular formula is C19H32IN5. The van der Waals surface area contributed by atoms with Crippen LogP contribution >= 0.6 is 24.0 Å². The monoisotopic (exact) mass is 457 g/mol. The second-order valence-corrected chi connectivity index (χ2v) is 6.93. The summed E-state index contributed by atoms with van der Waals surface area (Å²) in [5, 5.41) is 6.85. The van der Waals surface area contributed by atoms with Crippen LogP contribution < -0.4 is 10.6 Å². The van der Waals surface area contributed by atoms with Crippen molar-refractivity contribution in [2.24, 2.45) is 10.9 Å². The van der Waals surface area contributed by atoms with Crippen LogP contribution in [0.4, 0.5) is 0 Å². The number of piperazine rings is 1. The number of halogens is 1. The first-order chi connectivity index (χ1) is 11.8.